The first-order valence-electron chi connectivity index (χ1n) is 6.55. The molecule has 2 aromatic rings. The minimum Gasteiger partial charge on any atom is -0.339 e. The molecule has 1 heterocycles. The normalized spacial score (nSPS) is 12.1. The van der Waals surface area contributed by atoms with E-state index in [4.69, 9.17) is 9.78 Å². The smallest absolute Gasteiger partial charge is 0.226 e. The zero-order valence-electron chi connectivity index (χ0n) is 11.7. The summed E-state index contributed by atoms with van der Waals surface area (Å²) in [5.74, 6) is 2.26. The van der Waals surface area contributed by atoms with E-state index in [2.05, 4.69) is 41.3 Å². The molecular formula is C15H17N3OS. The van der Waals surface area contributed by atoms with Crippen molar-refractivity contribution in [2.75, 3.05) is 0 Å². The summed E-state index contributed by atoms with van der Waals surface area (Å²) < 4.78 is 5.21. The van der Waals surface area contributed by atoms with Crippen molar-refractivity contribution in [1.82, 2.24) is 10.1 Å². The second-order valence-electron chi connectivity index (χ2n) is 4.88. The number of hydrogen-bond acceptors (Lipinski definition) is 5. The summed E-state index contributed by atoms with van der Waals surface area (Å²) >= 11 is 1.69. The van der Waals surface area contributed by atoms with Crippen LogP contribution in [0.5, 0.6) is 0 Å². The lowest BCUT2D eigenvalue weighted by molar-refractivity contribution is 0.356. The molecule has 20 heavy (non-hydrogen) atoms. The Hall–Kier alpha value is -1.80. The predicted molar refractivity (Wildman–Crippen MR) is 78.1 cm³/mol. The maximum atomic E-state index is 8.63. The number of thioether (sulfide) groups is 1. The first-order chi connectivity index (χ1) is 9.67. The summed E-state index contributed by atoms with van der Waals surface area (Å²) in [6.45, 7) is 4.09. The monoisotopic (exact) mass is 287 g/mol. The molecule has 0 bridgehead atoms. The van der Waals surface area contributed by atoms with E-state index < -0.39 is 0 Å². The van der Waals surface area contributed by atoms with Crippen molar-refractivity contribution < 1.29 is 4.52 Å². The topological polar surface area (TPSA) is 62.7 Å². The molecule has 0 fully saturated rings. The number of rotatable bonds is 6. The van der Waals surface area contributed by atoms with Crippen molar-refractivity contribution in [2.24, 2.45) is 5.92 Å². The molecule has 1 unspecified atom stereocenters. The molecule has 1 atom stereocenters. The number of benzene rings is 1. The largest absolute Gasteiger partial charge is 0.339 e. The first kappa shape index (κ1) is 14.6. The predicted octanol–water partition coefficient (Wildman–Crippen LogP) is 3.76. The van der Waals surface area contributed by atoms with Gasteiger partial charge < -0.3 is 4.52 Å². The highest BCUT2D eigenvalue weighted by atomic mass is 32.2. The molecule has 0 aliphatic rings. The van der Waals surface area contributed by atoms with Gasteiger partial charge in [-0.1, -0.05) is 29.8 Å². The van der Waals surface area contributed by atoms with E-state index in [1.54, 1.807) is 11.8 Å². The number of hydrogen-bond donors (Lipinski definition) is 0. The van der Waals surface area contributed by atoms with E-state index in [9.17, 15) is 0 Å². The van der Waals surface area contributed by atoms with Crippen LogP contribution in [0.1, 0.15) is 30.6 Å². The quantitative estimate of drug-likeness (QED) is 0.757. The molecule has 1 aromatic heterocycles. The van der Waals surface area contributed by atoms with E-state index in [1.807, 2.05) is 13.0 Å². The van der Waals surface area contributed by atoms with Gasteiger partial charge in [-0.2, -0.15) is 10.2 Å². The van der Waals surface area contributed by atoms with E-state index in [0.717, 1.165) is 0 Å². The summed E-state index contributed by atoms with van der Waals surface area (Å²) in [7, 11) is 0. The number of nitriles is 1. The van der Waals surface area contributed by atoms with Crippen molar-refractivity contribution in [1.29, 1.82) is 5.26 Å². The second-order valence-corrected chi connectivity index (χ2v) is 5.93. The molecule has 5 heteroatoms. The van der Waals surface area contributed by atoms with Gasteiger partial charge in [0.25, 0.3) is 0 Å². The van der Waals surface area contributed by atoms with Crippen LogP contribution in [0, 0.1) is 24.2 Å². The van der Waals surface area contributed by atoms with Gasteiger partial charge in [0.05, 0.1) is 11.8 Å². The van der Waals surface area contributed by atoms with Gasteiger partial charge in [-0.25, -0.2) is 0 Å². The van der Waals surface area contributed by atoms with E-state index in [-0.39, 0.29) is 5.92 Å². The van der Waals surface area contributed by atoms with Crippen molar-refractivity contribution in [3.63, 3.8) is 0 Å². The molecule has 0 amide bonds. The van der Waals surface area contributed by atoms with Gasteiger partial charge in [-0.3, -0.25) is 0 Å². The van der Waals surface area contributed by atoms with Crippen LogP contribution < -0.4 is 0 Å². The molecule has 0 aliphatic carbocycles. The Balaban J connectivity index is 1.88. The molecule has 0 N–H and O–H groups in total. The molecular weight excluding hydrogens is 270 g/mol. The molecule has 4 nitrogen and oxygen atoms in total. The molecule has 2 rings (SSSR count). The van der Waals surface area contributed by atoms with Crippen LogP contribution >= 0.6 is 11.8 Å². The van der Waals surface area contributed by atoms with E-state index in [0.29, 0.717) is 30.3 Å². The molecule has 1 aromatic carbocycles. The minimum atomic E-state index is 0.248. The Morgan fingerprint density at radius 1 is 1.45 bits per heavy atom. The summed E-state index contributed by atoms with van der Waals surface area (Å²) in [4.78, 5) is 5.56. The Kier molecular flexibility index (Phi) is 5.19. The molecule has 0 saturated carbocycles. The highest BCUT2D eigenvalue weighted by Gasteiger charge is 2.11. The zero-order valence-corrected chi connectivity index (χ0v) is 12.5. The summed E-state index contributed by atoms with van der Waals surface area (Å²) in [5.41, 5.74) is 1.24. The number of nitrogens with zero attached hydrogens (tertiary/aromatic N) is 3. The van der Waals surface area contributed by atoms with Crippen molar-refractivity contribution in [3.05, 3.63) is 41.5 Å². The zero-order chi connectivity index (χ0) is 14.4. The number of aromatic nitrogens is 2. The van der Waals surface area contributed by atoms with Crippen LogP contribution in [0.2, 0.25) is 0 Å². The Labute approximate surface area is 123 Å². The van der Waals surface area contributed by atoms with Gasteiger partial charge >= 0.3 is 0 Å². The van der Waals surface area contributed by atoms with Crippen molar-refractivity contribution in [3.8, 4) is 6.07 Å². The third kappa shape index (κ3) is 4.39. The fraction of sp³-hybridized carbons (Fsp3) is 0.400. The number of aryl methyl sites for hydroxylation is 1. The summed E-state index contributed by atoms with van der Waals surface area (Å²) in [5, 5.41) is 12.6. The van der Waals surface area contributed by atoms with Gasteiger partial charge in [0, 0.05) is 17.7 Å². The SMILES string of the molecule is Cc1cccc(SCc2noc(CC(C)CC#N)n2)c1. The van der Waals surface area contributed by atoms with E-state index in [1.165, 1.54) is 10.5 Å². The van der Waals surface area contributed by atoms with Crippen LogP contribution in [0.15, 0.2) is 33.7 Å². The van der Waals surface area contributed by atoms with Crippen LogP contribution in [-0.4, -0.2) is 10.1 Å². The van der Waals surface area contributed by atoms with E-state index >= 15 is 0 Å². The molecule has 0 saturated heterocycles. The fourth-order valence-corrected chi connectivity index (χ4v) is 2.67. The van der Waals surface area contributed by atoms with Gasteiger partial charge in [-0.05, 0) is 25.0 Å². The molecule has 0 radical (unpaired) electrons. The average molecular weight is 287 g/mol. The van der Waals surface area contributed by atoms with Crippen LogP contribution in [0.25, 0.3) is 0 Å². The van der Waals surface area contributed by atoms with Gasteiger partial charge in [-0.15, -0.1) is 11.8 Å². The van der Waals surface area contributed by atoms with Crippen LogP contribution in [0.4, 0.5) is 0 Å². The highest BCUT2D eigenvalue weighted by molar-refractivity contribution is 7.98. The lowest BCUT2D eigenvalue weighted by Gasteiger charge is -2.00. The minimum absolute atomic E-state index is 0.248. The fourth-order valence-electron chi connectivity index (χ4n) is 1.81. The lowest BCUT2D eigenvalue weighted by Crippen LogP contribution is -1.98. The summed E-state index contributed by atoms with van der Waals surface area (Å²) in [6.07, 6.45) is 1.17. The maximum Gasteiger partial charge on any atom is 0.226 e. The Morgan fingerprint density at radius 2 is 2.30 bits per heavy atom. The van der Waals surface area contributed by atoms with Gasteiger partial charge in [0.15, 0.2) is 5.82 Å². The lowest BCUT2D eigenvalue weighted by atomic mass is 10.1. The van der Waals surface area contributed by atoms with Crippen LogP contribution in [0.3, 0.4) is 0 Å². The van der Waals surface area contributed by atoms with Crippen molar-refractivity contribution >= 4 is 11.8 Å². The van der Waals surface area contributed by atoms with Crippen molar-refractivity contribution in [2.45, 2.75) is 37.3 Å². The Bertz CT molecular complexity index is 603. The second kappa shape index (κ2) is 7.11. The molecule has 0 aliphatic heterocycles. The third-order valence-electron chi connectivity index (χ3n) is 2.83. The Morgan fingerprint density at radius 3 is 3.05 bits per heavy atom. The average Bonchev–Trinajstić information content (AvgIpc) is 2.84. The standard InChI is InChI=1S/C15H17N3OS/c1-11-4-3-5-13(8-11)20-10-14-17-15(19-18-14)9-12(2)6-7-16/h3-5,8,12H,6,9-10H2,1-2H3. The molecule has 104 valence electrons. The van der Waals surface area contributed by atoms with Crippen LogP contribution in [-0.2, 0) is 12.2 Å². The highest BCUT2D eigenvalue weighted by Crippen LogP contribution is 2.22. The molecule has 0 spiro atoms. The maximum absolute atomic E-state index is 8.63. The third-order valence-corrected chi connectivity index (χ3v) is 3.82. The first-order valence-corrected chi connectivity index (χ1v) is 7.54. The summed E-state index contributed by atoms with van der Waals surface area (Å²) in [6, 6.07) is 10.5. The van der Waals surface area contributed by atoms with Gasteiger partial charge in [0.1, 0.15) is 0 Å². The van der Waals surface area contributed by atoms with Gasteiger partial charge in [0.2, 0.25) is 5.89 Å².